The number of hydrogen-bond acceptors (Lipinski definition) is 3. The number of carbonyl (C=O) groups is 2. The maximum absolute atomic E-state index is 12.4. The van der Waals surface area contributed by atoms with E-state index in [9.17, 15) is 9.59 Å². The number of aryl methyl sites for hydroxylation is 1. The molecule has 2 amide bonds. The number of likely N-dealkylation sites (tertiary alicyclic amines) is 1. The zero-order valence-electron chi connectivity index (χ0n) is 13.4. The van der Waals surface area contributed by atoms with Gasteiger partial charge in [0.25, 0.3) is 11.8 Å². The van der Waals surface area contributed by atoms with E-state index in [-0.39, 0.29) is 17.5 Å². The van der Waals surface area contributed by atoms with E-state index in [2.05, 4.69) is 10.3 Å². The Labute approximate surface area is 145 Å². The van der Waals surface area contributed by atoms with Gasteiger partial charge in [-0.3, -0.25) is 14.6 Å². The lowest BCUT2D eigenvalue weighted by atomic mass is 10.1. The number of amides is 2. The number of hydrogen-bond donors (Lipinski definition) is 1. The second kappa shape index (κ2) is 7.01. The fourth-order valence-electron chi connectivity index (χ4n) is 2.71. The maximum atomic E-state index is 12.4. The standard InChI is InChI=1S/C18H18ClN3O2/c1-12-4-5-14(19)11-15(12)21-17(23)16-10-13(6-7-20-16)18(24)22-8-2-3-9-22/h4-7,10-11H,2-3,8-9H2,1H3,(H,21,23). The number of nitrogens with zero attached hydrogens (tertiary/aromatic N) is 2. The normalized spacial score (nSPS) is 13.8. The SMILES string of the molecule is Cc1ccc(Cl)cc1NC(=O)c1cc(C(=O)N2CCCC2)ccn1. The zero-order chi connectivity index (χ0) is 17.1. The van der Waals surface area contributed by atoms with Gasteiger partial charge in [-0.15, -0.1) is 0 Å². The zero-order valence-corrected chi connectivity index (χ0v) is 14.1. The molecule has 5 nitrogen and oxygen atoms in total. The third-order valence-corrected chi connectivity index (χ3v) is 4.32. The molecular weight excluding hydrogens is 326 g/mol. The monoisotopic (exact) mass is 343 g/mol. The van der Waals surface area contributed by atoms with Gasteiger partial charge in [0.2, 0.25) is 0 Å². The summed E-state index contributed by atoms with van der Waals surface area (Å²) in [6.07, 6.45) is 3.54. The predicted molar refractivity (Wildman–Crippen MR) is 93.5 cm³/mol. The van der Waals surface area contributed by atoms with Crippen LogP contribution in [-0.2, 0) is 0 Å². The molecule has 0 atom stereocenters. The Morgan fingerprint density at radius 2 is 1.92 bits per heavy atom. The van der Waals surface area contributed by atoms with Crippen molar-refractivity contribution < 1.29 is 9.59 Å². The Morgan fingerprint density at radius 3 is 2.67 bits per heavy atom. The van der Waals surface area contributed by atoms with Gasteiger partial charge in [-0.2, -0.15) is 0 Å². The van der Waals surface area contributed by atoms with Crippen molar-refractivity contribution in [3.63, 3.8) is 0 Å². The molecular formula is C18H18ClN3O2. The van der Waals surface area contributed by atoms with Crippen LogP contribution >= 0.6 is 11.6 Å². The maximum Gasteiger partial charge on any atom is 0.274 e. The number of benzene rings is 1. The second-order valence-corrected chi connectivity index (χ2v) is 6.28. The number of carbonyl (C=O) groups excluding carboxylic acids is 2. The largest absolute Gasteiger partial charge is 0.339 e. The molecule has 1 fully saturated rings. The van der Waals surface area contributed by atoms with Crippen molar-refractivity contribution in [2.24, 2.45) is 0 Å². The molecule has 0 bridgehead atoms. The van der Waals surface area contributed by atoms with Crippen molar-refractivity contribution in [2.75, 3.05) is 18.4 Å². The van der Waals surface area contributed by atoms with Crippen LogP contribution in [0.3, 0.4) is 0 Å². The van der Waals surface area contributed by atoms with E-state index in [4.69, 9.17) is 11.6 Å². The lowest BCUT2D eigenvalue weighted by molar-refractivity contribution is 0.0792. The van der Waals surface area contributed by atoms with Gasteiger partial charge in [-0.25, -0.2) is 0 Å². The molecule has 1 aromatic heterocycles. The molecule has 0 spiro atoms. The summed E-state index contributed by atoms with van der Waals surface area (Å²) in [6.45, 7) is 3.42. The summed E-state index contributed by atoms with van der Waals surface area (Å²) in [7, 11) is 0. The van der Waals surface area contributed by atoms with E-state index in [1.807, 2.05) is 13.0 Å². The van der Waals surface area contributed by atoms with Crippen LogP contribution in [0.2, 0.25) is 5.02 Å². The fraction of sp³-hybridized carbons (Fsp3) is 0.278. The highest BCUT2D eigenvalue weighted by Crippen LogP contribution is 2.21. The molecule has 124 valence electrons. The number of halogens is 1. The summed E-state index contributed by atoms with van der Waals surface area (Å²) < 4.78 is 0. The van der Waals surface area contributed by atoms with Crippen molar-refractivity contribution >= 4 is 29.1 Å². The van der Waals surface area contributed by atoms with E-state index in [0.29, 0.717) is 16.3 Å². The van der Waals surface area contributed by atoms with Gasteiger partial charge in [-0.1, -0.05) is 17.7 Å². The molecule has 0 unspecified atom stereocenters. The Balaban J connectivity index is 1.79. The Morgan fingerprint density at radius 1 is 1.17 bits per heavy atom. The number of pyridine rings is 1. The smallest absolute Gasteiger partial charge is 0.274 e. The van der Waals surface area contributed by atoms with Crippen LogP contribution in [0.5, 0.6) is 0 Å². The van der Waals surface area contributed by atoms with Crippen LogP contribution in [0.15, 0.2) is 36.5 Å². The molecule has 3 rings (SSSR count). The van der Waals surface area contributed by atoms with Gasteiger partial charge in [0.05, 0.1) is 0 Å². The molecule has 0 saturated carbocycles. The summed E-state index contributed by atoms with van der Waals surface area (Å²) in [5.74, 6) is -0.417. The Kier molecular flexibility index (Phi) is 4.81. The third-order valence-electron chi connectivity index (χ3n) is 4.08. The van der Waals surface area contributed by atoms with Crippen LogP contribution < -0.4 is 5.32 Å². The first-order valence-electron chi connectivity index (χ1n) is 7.87. The predicted octanol–water partition coefficient (Wildman–Crippen LogP) is 3.53. The van der Waals surface area contributed by atoms with Crippen molar-refractivity contribution in [2.45, 2.75) is 19.8 Å². The number of aromatic nitrogens is 1. The van der Waals surface area contributed by atoms with E-state index in [1.165, 1.54) is 12.3 Å². The van der Waals surface area contributed by atoms with Gasteiger partial charge in [0, 0.05) is 35.6 Å². The minimum Gasteiger partial charge on any atom is -0.339 e. The Hall–Kier alpha value is -2.40. The summed E-state index contributed by atoms with van der Waals surface area (Å²) in [6, 6.07) is 8.46. The van der Waals surface area contributed by atoms with Crippen LogP contribution in [-0.4, -0.2) is 34.8 Å². The van der Waals surface area contributed by atoms with Gasteiger partial charge in [0.15, 0.2) is 0 Å². The van der Waals surface area contributed by atoms with Crippen molar-refractivity contribution in [1.82, 2.24) is 9.88 Å². The highest BCUT2D eigenvalue weighted by atomic mass is 35.5. The highest BCUT2D eigenvalue weighted by molar-refractivity contribution is 6.31. The Bertz CT molecular complexity index is 786. The molecule has 1 aliphatic rings. The fourth-order valence-corrected chi connectivity index (χ4v) is 2.88. The second-order valence-electron chi connectivity index (χ2n) is 5.84. The van der Waals surface area contributed by atoms with E-state index in [1.54, 1.807) is 23.1 Å². The molecule has 1 aromatic carbocycles. The molecule has 1 aliphatic heterocycles. The van der Waals surface area contributed by atoms with E-state index >= 15 is 0 Å². The molecule has 0 aliphatic carbocycles. The number of anilines is 1. The van der Waals surface area contributed by atoms with Crippen LogP contribution in [0.4, 0.5) is 5.69 Å². The first-order valence-corrected chi connectivity index (χ1v) is 8.25. The molecule has 6 heteroatoms. The molecule has 1 N–H and O–H groups in total. The summed E-state index contributed by atoms with van der Waals surface area (Å²) in [4.78, 5) is 30.7. The number of nitrogens with one attached hydrogen (secondary N) is 1. The number of rotatable bonds is 3. The van der Waals surface area contributed by atoms with Crippen molar-refractivity contribution in [3.05, 3.63) is 58.4 Å². The summed E-state index contributed by atoms with van der Waals surface area (Å²) in [5, 5.41) is 3.34. The topological polar surface area (TPSA) is 62.3 Å². The first-order chi connectivity index (χ1) is 11.5. The molecule has 2 heterocycles. The summed E-state index contributed by atoms with van der Waals surface area (Å²) >= 11 is 5.97. The minimum atomic E-state index is -0.364. The third kappa shape index (κ3) is 3.57. The average molecular weight is 344 g/mol. The quantitative estimate of drug-likeness (QED) is 0.927. The van der Waals surface area contributed by atoms with E-state index < -0.39 is 0 Å². The van der Waals surface area contributed by atoms with Gasteiger partial charge < -0.3 is 10.2 Å². The van der Waals surface area contributed by atoms with Crippen molar-refractivity contribution in [3.8, 4) is 0 Å². The molecule has 0 radical (unpaired) electrons. The van der Waals surface area contributed by atoms with E-state index in [0.717, 1.165) is 31.5 Å². The lowest BCUT2D eigenvalue weighted by Gasteiger charge is -2.15. The van der Waals surface area contributed by atoms with Gasteiger partial charge in [0.1, 0.15) is 5.69 Å². The molecule has 24 heavy (non-hydrogen) atoms. The molecule has 1 saturated heterocycles. The van der Waals surface area contributed by atoms with Gasteiger partial charge in [-0.05, 0) is 49.6 Å². The first kappa shape index (κ1) is 16.5. The summed E-state index contributed by atoms with van der Waals surface area (Å²) in [5.41, 5.74) is 2.22. The lowest BCUT2D eigenvalue weighted by Crippen LogP contribution is -2.28. The van der Waals surface area contributed by atoms with Crippen molar-refractivity contribution in [1.29, 1.82) is 0 Å². The average Bonchev–Trinajstić information content (AvgIpc) is 3.12. The molecule has 2 aromatic rings. The van der Waals surface area contributed by atoms with Crippen LogP contribution in [0.1, 0.15) is 39.3 Å². The highest BCUT2D eigenvalue weighted by Gasteiger charge is 2.20. The van der Waals surface area contributed by atoms with Crippen LogP contribution in [0, 0.1) is 6.92 Å². The van der Waals surface area contributed by atoms with Gasteiger partial charge >= 0.3 is 0 Å². The van der Waals surface area contributed by atoms with Crippen LogP contribution in [0.25, 0.3) is 0 Å². The minimum absolute atomic E-state index is 0.0529.